The van der Waals surface area contributed by atoms with Crippen molar-refractivity contribution in [2.75, 3.05) is 11.9 Å². The van der Waals surface area contributed by atoms with Crippen LogP contribution in [0.5, 0.6) is 0 Å². The summed E-state index contributed by atoms with van der Waals surface area (Å²) in [4.78, 5) is 4.54. The van der Waals surface area contributed by atoms with Crippen molar-refractivity contribution < 1.29 is 8.42 Å². The third-order valence-corrected chi connectivity index (χ3v) is 4.79. The quantitative estimate of drug-likeness (QED) is 0.768. The lowest BCUT2D eigenvalue weighted by Gasteiger charge is -2.12. The van der Waals surface area contributed by atoms with Gasteiger partial charge in [-0.2, -0.15) is 0 Å². The molecule has 0 spiro atoms. The van der Waals surface area contributed by atoms with Gasteiger partial charge in [0.15, 0.2) is 0 Å². The van der Waals surface area contributed by atoms with Gasteiger partial charge in [-0.15, -0.1) is 0 Å². The fourth-order valence-electron chi connectivity index (χ4n) is 1.85. The SMILES string of the molecule is CCNS(=O)(=O)c1ccccc1NCc1cccc(Br)n1. The number of hydrogen-bond donors (Lipinski definition) is 2. The highest BCUT2D eigenvalue weighted by Gasteiger charge is 2.16. The lowest BCUT2D eigenvalue weighted by molar-refractivity contribution is 0.584. The number of anilines is 1. The molecular weight excluding hydrogens is 354 g/mol. The van der Waals surface area contributed by atoms with Crippen LogP contribution >= 0.6 is 15.9 Å². The Kier molecular flexibility index (Phi) is 5.33. The molecule has 0 aliphatic rings. The van der Waals surface area contributed by atoms with E-state index in [9.17, 15) is 8.42 Å². The lowest BCUT2D eigenvalue weighted by atomic mass is 10.3. The van der Waals surface area contributed by atoms with Crippen LogP contribution in [-0.4, -0.2) is 19.9 Å². The first-order chi connectivity index (χ1) is 10.0. The smallest absolute Gasteiger partial charge is 0.242 e. The van der Waals surface area contributed by atoms with E-state index in [0.29, 0.717) is 18.8 Å². The van der Waals surface area contributed by atoms with Crippen molar-refractivity contribution in [3.8, 4) is 0 Å². The molecule has 0 aliphatic carbocycles. The average molecular weight is 370 g/mol. The van der Waals surface area contributed by atoms with Crippen molar-refractivity contribution in [3.05, 3.63) is 52.8 Å². The molecule has 0 saturated carbocycles. The van der Waals surface area contributed by atoms with Crippen LogP contribution in [0.15, 0.2) is 52.0 Å². The summed E-state index contributed by atoms with van der Waals surface area (Å²) >= 11 is 3.31. The van der Waals surface area contributed by atoms with Crippen LogP contribution in [0.4, 0.5) is 5.69 Å². The van der Waals surface area contributed by atoms with Crippen LogP contribution in [-0.2, 0) is 16.6 Å². The second kappa shape index (κ2) is 7.02. The second-order valence-corrected chi connectivity index (χ2v) is 6.85. The highest BCUT2D eigenvalue weighted by Crippen LogP contribution is 2.21. The van der Waals surface area contributed by atoms with Crippen LogP contribution in [0, 0.1) is 0 Å². The van der Waals surface area contributed by atoms with Gasteiger partial charge in [0, 0.05) is 6.54 Å². The monoisotopic (exact) mass is 369 g/mol. The molecule has 0 saturated heterocycles. The molecule has 0 fully saturated rings. The number of para-hydroxylation sites is 1. The first-order valence-corrected chi connectivity index (χ1v) is 8.74. The Morgan fingerprint density at radius 2 is 1.90 bits per heavy atom. The zero-order chi connectivity index (χ0) is 15.3. The van der Waals surface area contributed by atoms with E-state index in [1.165, 1.54) is 0 Å². The summed E-state index contributed by atoms with van der Waals surface area (Å²) in [6, 6.07) is 12.4. The van der Waals surface area contributed by atoms with Crippen LogP contribution in [0.3, 0.4) is 0 Å². The number of benzene rings is 1. The second-order valence-electron chi connectivity index (χ2n) is 4.30. The van der Waals surface area contributed by atoms with Gasteiger partial charge in [-0.3, -0.25) is 0 Å². The zero-order valence-corrected chi connectivity index (χ0v) is 13.9. The average Bonchev–Trinajstić information content (AvgIpc) is 2.45. The Labute approximate surface area is 133 Å². The van der Waals surface area contributed by atoms with E-state index < -0.39 is 10.0 Å². The number of aromatic nitrogens is 1. The molecule has 1 aromatic heterocycles. The van der Waals surface area contributed by atoms with E-state index >= 15 is 0 Å². The van der Waals surface area contributed by atoms with Gasteiger partial charge in [0.05, 0.1) is 17.9 Å². The molecule has 21 heavy (non-hydrogen) atoms. The van der Waals surface area contributed by atoms with E-state index in [2.05, 4.69) is 31.0 Å². The van der Waals surface area contributed by atoms with E-state index in [1.807, 2.05) is 18.2 Å². The van der Waals surface area contributed by atoms with Gasteiger partial charge < -0.3 is 5.32 Å². The molecule has 0 amide bonds. The predicted octanol–water partition coefficient (Wildman–Crippen LogP) is 2.75. The first kappa shape index (κ1) is 15.9. The lowest BCUT2D eigenvalue weighted by Crippen LogP contribution is -2.24. The summed E-state index contributed by atoms with van der Waals surface area (Å²) in [7, 11) is -3.50. The molecule has 2 aromatic rings. The van der Waals surface area contributed by atoms with Crippen LogP contribution in [0.2, 0.25) is 0 Å². The Morgan fingerprint density at radius 1 is 1.14 bits per heavy atom. The van der Waals surface area contributed by atoms with Gasteiger partial charge in [0.1, 0.15) is 9.50 Å². The van der Waals surface area contributed by atoms with Crippen molar-refractivity contribution in [3.63, 3.8) is 0 Å². The van der Waals surface area contributed by atoms with Crippen molar-refractivity contribution in [1.29, 1.82) is 0 Å². The number of sulfonamides is 1. The minimum atomic E-state index is -3.50. The van der Waals surface area contributed by atoms with Crippen LogP contribution in [0.25, 0.3) is 0 Å². The van der Waals surface area contributed by atoms with Crippen LogP contribution < -0.4 is 10.0 Å². The number of nitrogens with zero attached hydrogens (tertiary/aromatic N) is 1. The Balaban J connectivity index is 2.21. The minimum absolute atomic E-state index is 0.238. The predicted molar refractivity (Wildman–Crippen MR) is 86.6 cm³/mol. The molecule has 7 heteroatoms. The fraction of sp³-hybridized carbons (Fsp3) is 0.214. The number of hydrogen-bond acceptors (Lipinski definition) is 4. The van der Waals surface area contributed by atoms with Crippen molar-refractivity contribution in [2.24, 2.45) is 0 Å². The Bertz CT molecular complexity index is 720. The number of nitrogens with one attached hydrogen (secondary N) is 2. The summed E-state index contributed by atoms with van der Waals surface area (Å²) < 4.78 is 27.5. The largest absolute Gasteiger partial charge is 0.378 e. The van der Waals surface area contributed by atoms with E-state index in [4.69, 9.17) is 0 Å². The Hall–Kier alpha value is -1.44. The van der Waals surface area contributed by atoms with E-state index in [1.54, 1.807) is 31.2 Å². The maximum atomic E-state index is 12.1. The highest BCUT2D eigenvalue weighted by molar-refractivity contribution is 9.10. The van der Waals surface area contributed by atoms with Crippen molar-refractivity contribution in [1.82, 2.24) is 9.71 Å². The third kappa shape index (κ3) is 4.26. The standard InChI is InChI=1S/C14H16BrN3O2S/c1-2-17-21(19,20)13-8-4-3-7-12(13)16-10-11-6-5-9-14(15)18-11/h3-9,16-17H,2,10H2,1H3. The molecule has 112 valence electrons. The first-order valence-electron chi connectivity index (χ1n) is 6.47. The fourth-order valence-corrected chi connectivity index (χ4v) is 3.45. The zero-order valence-electron chi connectivity index (χ0n) is 11.5. The molecule has 2 N–H and O–H groups in total. The Morgan fingerprint density at radius 3 is 2.62 bits per heavy atom. The molecule has 5 nitrogen and oxygen atoms in total. The maximum absolute atomic E-state index is 12.1. The molecular formula is C14H16BrN3O2S. The van der Waals surface area contributed by atoms with Gasteiger partial charge in [-0.05, 0) is 40.2 Å². The summed E-state index contributed by atoms with van der Waals surface area (Å²) in [6.45, 7) is 2.54. The summed E-state index contributed by atoms with van der Waals surface area (Å²) in [5, 5.41) is 3.12. The van der Waals surface area contributed by atoms with Crippen molar-refractivity contribution >= 4 is 31.6 Å². The third-order valence-electron chi connectivity index (χ3n) is 2.74. The minimum Gasteiger partial charge on any atom is -0.378 e. The molecule has 0 atom stereocenters. The molecule has 0 radical (unpaired) electrons. The summed E-state index contributed by atoms with van der Waals surface area (Å²) in [6.07, 6.45) is 0. The van der Waals surface area contributed by atoms with Gasteiger partial charge in [0.2, 0.25) is 10.0 Å². The molecule has 0 unspecified atom stereocenters. The molecule has 1 aromatic carbocycles. The van der Waals surface area contributed by atoms with E-state index in [0.717, 1.165) is 10.3 Å². The summed E-state index contributed by atoms with van der Waals surface area (Å²) in [5.74, 6) is 0. The molecule has 1 heterocycles. The van der Waals surface area contributed by atoms with E-state index in [-0.39, 0.29) is 4.90 Å². The molecule has 0 bridgehead atoms. The highest BCUT2D eigenvalue weighted by atomic mass is 79.9. The number of pyridine rings is 1. The molecule has 2 rings (SSSR count). The normalized spacial score (nSPS) is 11.3. The number of rotatable bonds is 6. The topological polar surface area (TPSA) is 71.1 Å². The maximum Gasteiger partial charge on any atom is 0.242 e. The molecule has 0 aliphatic heterocycles. The van der Waals surface area contributed by atoms with Gasteiger partial charge in [-0.1, -0.05) is 25.1 Å². The summed E-state index contributed by atoms with van der Waals surface area (Å²) in [5.41, 5.74) is 1.38. The van der Waals surface area contributed by atoms with Crippen molar-refractivity contribution in [2.45, 2.75) is 18.4 Å². The van der Waals surface area contributed by atoms with Gasteiger partial charge in [-0.25, -0.2) is 18.1 Å². The van der Waals surface area contributed by atoms with Crippen LogP contribution in [0.1, 0.15) is 12.6 Å². The van der Waals surface area contributed by atoms with Gasteiger partial charge >= 0.3 is 0 Å². The van der Waals surface area contributed by atoms with Gasteiger partial charge in [0.25, 0.3) is 0 Å². The number of halogens is 1.